The monoisotopic (exact) mass is 224 g/mol. The van der Waals surface area contributed by atoms with Crippen molar-refractivity contribution in [2.24, 2.45) is 5.84 Å². The average molecular weight is 224 g/mol. The molecule has 4 nitrogen and oxygen atoms in total. The topological polar surface area (TPSA) is 59.0 Å². The van der Waals surface area contributed by atoms with Gasteiger partial charge in [0.1, 0.15) is 11.9 Å². The molecule has 0 unspecified atom stereocenters. The molecular weight excluding hydrogens is 214 g/mol. The van der Waals surface area contributed by atoms with Crippen molar-refractivity contribution in [2.75, 3.05) is 0 Å². The number of nitrogens with two attached hydrogens (primary N) is 1. The number of nitroso groups, excluding NO2 is 1. The van der Waals surface area contributed by atoms with Crippen LogP contribution in [-0.2, 0) is 0 Å². The summed E-state index contributed by atoms with van der Waals surface area (Å²) in [6.07, 6.45) is 1.39. The molecule has 0 bridgehead atoms. The molecule has 0 radical (unpaired) electrons. The summed E-state index contributed by atoms with van der Waals surface area (Å²) in [4.78, 5) is 15.0. The lowest BCUT2D eigenvalue weighted by Gasteiger charge is -1.89. The SMILES string of the molecule is N[N+](=O)c1ccc(C#Cc2ccccc2)nc1. The highest BCUT2D eigenvalue weighted by Crippen LogP contribution is 2.06. The number of benzene rings is 1. The lowest BCUT2D eigenvalue weighted by molar-refractivity contribution is -0.475. The molecule has 1 heterocycles. The summed E-state index contributed by atoms with van der Waals surface area (Å²) in [5.74, 6) is 10.9. The van der Waals surface area contributed by atoms with E-state index >= 15 is 0 Å². The Hall–Kier alpha value is -2.67. The van der Waals surface area contributed by atoms with Gasteiger partial charge in [0.15, 0.2) is 4.87 Å². The minimum Gasteiger partial charge on any atom is -0.241 e. The van der Waals surface area contributed by atoms with Crippen LogP contribution in [0.15, 0.2) is 48.7 Å². The summed E-state index contributed by atoms with van der Waals surface area (Å²) in [5.41, 5.74) is 1.82. The lowest BCUT2D eigenvalue weighted by atomic mass is 10.2. The standard InChI is InChI=1S/C13H10N3O/c14-16(17)13-9-8-12(15-10-13)7-6-11-4-2-1-3-5-11/h1-5,8-10H,(H2,14,17)/q+1. The van der Waals surface area contributed by atoms with E-state index in [-0.39, 0.29) is 4.87 Å². The van der Waals surface area contributed by atoms with Crippen LogP contribution in [0.5, 0.6) is 0 Å². The molecule has 1 aromatic carbocycles. The second-order valence-electron chi connectivity index (χ2n) is 3.34. The molecule has 0 aliphatic rings. The van der Waals surface area contributed by atoms with Gasteiger partial charge in [-0.25, -0.2) is 4.98 Å². The minimum atomic E-state index is 0.265. The molecule has 2 aromatic rings. The number of nitrogens with zero attached hydrogens (tertiary/aromatic N) is 2. The summed E-state index contributed by atoms with van der Waals surface area (Å²) >= 11 is 0. The second kappa shape index (κ2) is 4.90. The van der Waals surface area contributed by atoms with Gasteiger partial charge in [0, 0.05) is 11.6 Å². The molecule has 0 amide bonds. The smallest absolute Gasteiger partial charge is 0.241 e. The Labute approximate surface area is 98.7 Å². The predicted octanol–water partition coefficient (Wildman–Crippen LogP) is 1.77. The van der Waals surface area contributed by atoms with Crippen molar-refractivity contribution in [2.45, 2.75) is 0 Å². The molecule has 0 fully saturated rings. The zero-order chi connectivity index (χ0) is 12.1. The molecule has 0 spiro atoms. The van der Waals surface area contributed by atoms with E-state index in [1.165, 1.54) is 6.20 Å². The van der Waals surface area contributed by atoms with Gasteiger partial charge in [-0.3, -0.25) is 0 Å². The van der Waals surface area contributed by atoms with Crippen molar-refractivity contribution in [3.8, 4) is 11.8 Å². The molecule has 1 aromatic heterocycles. The summed E-state index contributed by atoms with van der Waals surface area (Å²) in [6, 6.07) is 12.8. The van der Waals surface area contributed by atoms with Crippen molar-refractivity contribution in [3.05, 3.63) is 64.8 Å². The molecule has 0 atom stereocenters. The van der Waals surface area contributed by atoms with E-state index in [1.807, 2.05) is 30.3 Å². The van der Waals surface area contributed by atoms with E-state index in [0.717, 1.165) is 5.56 Å². The average Bonchev–Trinajstić information content (AvgIpc) is 2.38. The van der Waals surface area contributed by atoms with Crippen molar-refractivity contribution in [1.82, 2.24) is 4.98 Å². The summed E-state index contributed by atoms with van der Waals surface area (Å²) < 4.78 is 0. The summed E-state index contributed by atoms with van der Waals surface area (Å²) in [7, 11) is 0. The molecule has 2 N–H and O–H groups in total. The number of rotatable bonds is 1. The molecule has 0 saturated heterocycles. The molecule has 2 rings (SSSR count). The van der Waals surface area contributed by atoms with Crippen LogP contribution < -0.4 is 5.84 Å². The molecule has 17 heavy (non-hydrogen) atoms. The quantitative estimate of drug-likeness (QED) is 0.347. The van der Waals surface area contributed by atoms with Gasteiger partial charge < -0.3 is 0 Å². The third-order valence-corrected chi connectivity index (χ3v) is 2.11. The maximum atomic E-state index is 10.8. The number of aromatic nitrogens is 1. The molecular formula is C13H10N3O+. The fourth-order valence-electron chi connectivity index (χ4n) is 1.25. The van der Waals surface area contributed by atoms with Crippen LogP contribution in [0.25, 0.3) is 0 Å². The van der Waals surface area contributed by atoms with E-state index in [9.17, 15) is 4.91 Å². The first-order valence-electron chi connectivity index (χ1n) is 5.01. The number of pyridine rings is 1. The Morgan fingerprint density at radius 2 is 1.82 bits per heavy atom. The van der Waals surface area contributed by atoms with Crippen LogP contribution in [0.4, 0.5) is 5.69 Å². The van der Waals surface area contributed by atoms with E-state index in [4.69, 9.17) is 5.84 Å². The number of hydrazine groups is 1. The molecule has 82 valence electrons. The van der Waals surface area contributed by atoms with Crippen molar-refractivity contribution < 1.29 is 4.87 Å². The van der Waals surface area contributed by atoms with E-state index in [2.05, 4.69) is 16.8 Å². The maximum absolute atomic E-state index is 10.8. The van der Waals surface area contributed by atoms with Gasteiger partial charge in [-0.1, -0.05) is 24.1 Å². The largest absolute Gasteiger partial charge is 0.309 e. The van der Waals surface area contributed by atoms with Gasteiger partial charge in [-0.15, -0.1) is 0 Å². The Balaban J connectivity index is 2.20. The normalized spacial score (nSPS) is 9.18. The van der Waals surface area contributed by atoms with Crippen LogP contribution >= 0.6 is 0 Å². The first-order chi connectivity index (χ1) is 8.25. The van der Waals surface area contributed by atoms with Gasteiger partial charge in [-0.05, 0) is 24.1 Å². The minimum absolute atomic E-state index is 0.265. The lowest BCUT2D eigenvalue weighted by Crippen LogP contribution is -2.08. The molecule has 0 aliphatic carbocycles. The second-order valence-corrected chi connectivity index (χ2v) is 3.34. The Kier molecular flexibility index (Phi) is 3.13. The number of hydrogen-bond donors (Lipinski definition) is 1. The summed E-state index contributed by atoms with van der Waals surface area (Å²) in [5, 5.41) is 0. The molecule has 0 aliphatic heterocycles. The van der Waals surface area contributed by atoms with E-state index in [1.54, 1.807) is 12.1 Å². The fraction of sp³-hybridized carbons (Fsp3) is 0. The highest BCUT2D eigenvalue weighted by atomic mass is 16.3. The molecule has 4 heteroatoms. The zero-order valence-electron chi connectivity index (χ0n) is 9.00. The van der Waals surface area contributed by atoms with Gasteiger partial charge >= 0.3 is 5.69 Å². The fourth-order valence-corrected chi connectivity index (χ4v) is 1.25. The van der Waals surface area contributed by atoms with Gasteiger partial charge in [0.25, 0.3) is 0 Å². The highest BCUT2D eigenvalue weighted by Gasteiger charge is 2.07. The third-order valence-electron chi connectivity index (χ3n) is 2.11. The van der Waals surface area contributed by atoms with Crippen LogP contribution in [-0.4, -0.2) is 9.85 Å². The van der Waals surface area contributed by atoms with E-state index in [0.29, 0.717) is 11.4 Å². The Morgan fingerprint density at radius 3 is 2.41 bits per heavy atom. The Bertz CT molecular complexity index is 580. The highest BCUT2D eigenvalue weighted by molar-refractivity contribution is 5.41. The summed E-state index contributed by atoms with van der Waals surface area (Å²) in [6.45, 7) is 0. The first kappa shape index (κ1) is 10.8. The van der Waals surface area contributed by atoms with Crippen molar-refractivity contribution in [1.29, 1.82) is 0 Å². The van der Waals surface area contributed by atoms with Crippen molar-refractivity contribution >= 4 is 5.69 Å². The van der Waals surface area contributed by atoms with Crippen molar-refractivity contribution in [3.63, 3.8) is 0 Å². The zero-order valence-corrected chi connectivity index (χ0v) is 9.00. The van der Waals surface area contributed by atoms with Crippen LogP contribution in [0.2, 0.25) is 0 Å². The van der Waals surface area contributed by atoms with E-state index < -0.39 is 0 Å². The van der Waals surface area contributed by atoms with Gasteiger partial charge in [0.05, 0.1) is 4.91 Å². The maximum Gasteiger partial charge on any atom is 0.309 e. The van der Waals surface area contributed by atoms with Crippen LogP contribution in [0.1, 0.15) is 11.3 Å². The molecule has 0 saturated carbocycles. The predicted molar refractivity (Wildman–Crippen MR) is 64.1 cm³/mol. The van der Waals surface area contributed by atoms with Crippen LogP contribution in [0.3, 0.4) is 0 Å². The van der Waals surface area contributed by atoms with Gasteiger partial charge in [-0.2, -0.15) is 5.84 Å². The first-order valence-corrected chi connectivity index (χ1v) is 5.01. The Morgan fingerprint density at radius 1 is 1.06 bits per heavy atom. The third kappa shape index (κ3) is 2.89. The van der Waals surface area contributed by atoms with Crippen LogP contribution in [0, 0.1) is 16.7 Å². The van der Waals surface area contributed by atoms with Gasteiger partial charge in [0.2, 0.25) is 0 Å². The number of hydrogen-bond acceptors (Lipinski definition) is 2.